The summed E-state index contributed by atoms with van der Waals surface area (Å²) in [6, 6.07) is 4.86. The fourth-order valence-electron chi connectivity index (χ4n) is 3.44. The first kappa shape index (κ1) is 23.7. The lowest BCUT2D eigenvalue weighted by atomic mass is 10.1. The van der Waals surface area contributed by atoms with Gasteiger partial charge in [0.25, 0.3) is 5.56 Å². The Bertz CT molecular complexity index is 1040. The SMILES string of the molecule is O=c1[nH]nc(N2CCC(Oc3ccccc3C(F)(F)F)CC2)c(=O)n1CCCC(F)(F)F. The molecule has 0 amide bonds. The first-order valence-electron chi connectivity index (χ1n) is 9.80. The Balaban J connectivity index is 1.66. The zero-order chi connectivity index (χ0) is 23.5. The Morgan fingerprint density at radius 1 is 1.06 bits per heavy atom. The third-order valence-electron chi connectivity index (χ3n) is 5.01. The molecule has 1 saturated heterocycles. The van der Waals surface area contributed by atoms with Gasteiger partial charge in [-0.05, 0) is 18.6 Å². The van der Waals surface area contributed by atoms with E-state index in [0.29, 0.717) is 4.57 Å². The highest BCUT2D eigenvalue weighted by molar-refractivity contribution is 5.37. The molecule has 1 aromatic heterocycles. The minimum atomic E-state index is -4.56. The molecule has 32 heavy (non-hydrogen) atoms. The average Bonchev–Trinajstić information content (AvgIpc) is 2.70. The molecular weight excluding hydrogens is 446 g/mol. The van der Waals surface area contributed by atoms with Gasteiger partial charge in [0.15, 0.2) is 0 Å². The smallest absolute Gasteiger partial charge is 0.419 e. The molecular formula is C19H20F6N4O3. The van der Waals surface area contributed by atoms with E-state index in [1.165, 1.54) is 23.1 Å². The third-order valence-corrected chi connectivity index (χ3v) is 5.01. The predicted octanol–water partition coefficient (Wildman–Crippen LogP) is 3.34. The highest BCUT2D eigenvalue weighted by Gasteiger charge is 2.35. The first-order valence-corrected chi connectivity index (χ1v) is 9.80. The number of aromatic nitrogens is 3. The maximum atomic E-state index is 13.1. The molecule has 13 heteroatoms. The number of para-hydroxylation sites is 1. The van der Waals surface area contributed by atoms with Gasteiger partial charge in [0.05, 0.1) is 5.56 Å². The number of hydrogen-bond acceptors (Lipinski definition) is 5. The number of halogens is 6. The molecule has 7 nitrogen and oxygen atoms in total. The van der Waals surface area contributed by atoms with Gasteiger partial charge in [-0.2, -0.15) is 26.3 Å². The maximum Gasteiger partial charge on any atom is 0.419 e. The molecule has 0 bridgehead atoms. The average molecular weight is 466 g/mol. The number of ether oxygens (including phenoxy) is 1. The van der Waals surface area contributed by atoms with Crippen LogP contribution in [0.25, 0.3) is 0 Å². The number of H-pyrrole nitrogens is 1. The Hall–Kier alpha value is -2.99. The van der Waals surface area contributed by atoms with Crippen LogP contribution < -0.4 is 20.9 Å². The molecule has 0 atom stereocenters. The summed E-state index contributed by atoms with van der Waals surface area (Å²) >= 11 is 0. The molecule has 176 valence electrons. The lowest BCUT2D eigenvalue weighted by Crippen LogP contribution is -2.45. The third kappa shape index (κ3) is 5.82. The van der Waals surface area contributed by atoms with Crippen LogP contribution in [0.15, 0.2) is 33.9 Å². The molecule has 0 spiro atoms. The van der Waals surface area contributed by atoms with Crippen LogP contribution in [0.2, 0.25) is 0 Å². The molecule has 2 aromatic rings. The van der Waals surface area contributed by atoms with Crippen molar-refractivity contribution in [3.63, 3.8) is 0 Å². The van der Waals surface area contributed by atoms with Gasteiger partial charge in [0, 0.05) is 38.9 Å². The van der Waals surface area contributed by atoms with Crippen LogP contribution in [0.5, 0.6) is 5.75 Å². The van der Waals surface area contributed by atoms with Gasteiger partial charge in [-0.1, -0.05) is 12.1 Å². The van der Waals surface area contributed by atoms with Crippen molar-refractivity contribution in [3.8, 4) is 5.75 Å². The summed E-state index contributed by atoms with van der Waals surface area (Å²) in [6.07, 6.45) is -10.5. The van der Waals surface area contributed by atoms with Gasteiger partial charge in [-0.3, -0.25) is 9.36 Å². The molecule has 0 unspecified atom stereocenters. The number of aromatic amines is 1. The van der Waals surface area contributed by atoms with E-state index >= 15 is 0 Å². The van der Waals surface area contributed by atoms with Gasteiger partial charge in [0.1, 0.15) is 11.9 Å². The molecule has 0 radical (unpaired) electrons. The normalized spacial score (nSPS) is 15.8. The number of benzene rings is 1. The van der Waals surface area contributed by atoms with Gasteiger partial charge in [0.2, 0.25) is 5.82 Å². The van der Waals surface area contributed by atoms with Crippen LogP contribution in [0, 0.1) is 0 Å². The quantitative estimate of drug-likeness (QED) is 0.661. The first-order chi connectivity index (χ1) is 15.0. The zero-order valence-corrected chi connectivity index (χ0v) is 16.7. The Labute approximate surface area is 177 Å². The molecule has 2 heterocycles. The Morgan fingerprint density at radius 3 is 2.34 bits per heavy atom. The lowest BCUT2D eigenvalue weighted by molar-refractivity contribution is -0.139. The second-order valence-electron chi connectivity index (χ2n) is 7.33. The van der Waals surface area contributed by atoms with Crippen LogP contribution in [0.3, 0.4) is 0 Å². The number of anilines is 1. The molecule has 3 rings (SSSR count). The van der Waals surface area contributed by atoms with E-state index in [1.54, 1.807) is 0 Å². The van der Waals surface area contributed by atoms with Crippen molar-refractivity contribution < 1.29 is 31.1 Å². The standard InChI is InChI=1S/C19H20F6N4O3/c20-18(21,22)8-3-9-29-16(30)15(26-27-17(29)31)28-10-6-12(7-11-28)32-14-5-2-1-4-13(14)19(23,24)25/h1-2,4-5,12H,3,6-11H2,(H,27,31). The van der Waals surface area contributed by atoms with Gasteiger partial charge < -0.3 is 9.64 Å². The number of rotatable bonds is 6. The minimum Gasteiger partial charge on any atom is -0.490 e. The van der Waals surface area contributed by atoms with Crippen molar-refractivity contribution in [1.82, 2.24) is 14.8 Å². The zero-order valence-electron chi connectivity index (χ0n) is 16.7. The van der Waals surface area contributed by atoms with E-state index in [-0.39, 0.29) is 37.5 Å². The van der Waals surface area contributed by atoms with Gasteiger partial charge >= 0.3 is 18.0 Å². The summed E-state index contributed by atoms with van der Waals surface area (Å²) in [5.41, 5.74) is -2.62. The molecule has 0 saturated carbocycles. The van der Waals surface area contributed by atoms with Crippen molar-refractivity contribution in [2.75, 3.05) is 18.0 Å². The van der Waals surface area contributed by atoms with Crippen molar-refractivity contribution in [1.29, 1.82) is 0 Å². The maximum absolute atomic E-state index is 13.1. The highest BCUT2D eigenvalue weighted by atomic mass is 19.4. The summed E-state index contributed by atoms with van der Waals surface area (Å²) in [7, 11) is 0. The Morgan fingerprint density at radius 2 is 1.72 bits per heavy atom. The van der Waals surface area contributed by atoms with Crippen LogP contribution in [-0.2, 0) is 12.7 Å². The number of alkyl halides is 6. The van der Waals surface area contributed by atoms with E-state index in [2.05, 4.69) is 10.2 Å². The number of hydrogen-bond donors (Lipinski definition) is 1. The van der Waals surface area contributed by atoms with Crippen LogP contribution in [0.4, 0.5) is 32.2 Å². The van der Waals surface area contributed by atoms with E-state index in [0.717, 1.165) is 6.07 Å². The second-order valence-corrected chi connectivity index (χ2v) is 7.33. The summed E-state index contributed by atoms with van der Waals surface area (Å²) in [6.45, 7) is -0.0115. The van der Waals surface area contributed by atoms with Crippen molar-refractivity contribution in [3.05, 3.63) is 50.7 Å². The fourth-order valence-corrected chi connectivity index (χ4v) is 3.44. The molecule has 1 aliphatic heterocycles. The van der Waals surface area contributed by atoms with Crippen molar-refractivity contribution in [2.45, 2.75) is 50.7 Å². The molecule has 0 aliphatic carbocycles. The summed E-state index contributed by atoms with van der Waals surface area (Å²) in [4.78, 5) is 25.9. The van der Waals surface area contributed by atoms with Crippen molar-refractivity contribution >= 4 is 5.82 Å². The van der Waals surface area contributed by atoms with Gasteiger partial charge in [-0.25, -0.2) is 9.89 Å². The lowest BCUT2D eigenvalue weighted by Gasteiger charge is -2.32. The number of piperidine rings is 1. The molecule has 1 aromatic carbocycles. The second kappa shape index (κ2) is 9.25. The topological polar surface area (TPSA) is 80.2 Å². The summed E-state index contributed by atoms with van der Waals surface area (Å²) < 4.78 is 82.6. The minimum absolute atomic E-state index is 0.134. The molecule has 1 fully saturated rings. The van der Waals surface area contributed by atoms with Crippen LogP contribution >= 0.6 is 0 Å². The molecule has 1 N–H and O–H groups in total. The van der Waals surface area contributed by atoms with Crippen molar-refractivity contribution in [2.24, 2.45) is 0 Å². The monoisotopic (exact) mass is 466 g/mol. The van der Waals surface area contributed by atoms with Crippen LogP contribution in [0.1, 0.15) is 31.2 Å². The summed E-state index contributed by atoms with van der Waals surface area (Å²) in [5.74, 6) is -0.418. The van der Waals surface area contributed by atoms with E-state index < -0.39 is 54.7 Å². The van der Waals surface area contributed by atoms with Crippen LogP contribution in [-0.4, -0.2) is 40.1 Å². The largest absolute Gasteiger partial charge is 0.490 e. The van der Waals surface area contributed by atoms with E-state index in [4.69, 9.17) is 4.74 Å². The molecule has 1 aliphatic rings. The fraction of sp³-hybridized carbons (Fsp3) is 0.526. The number of nitrogens with one attached hydrogen (secondary N) is 1. The Kier molecular flexibility index (Phi) is 6.84. The number of nitrogens with zero attached hydrogens (tertiary/aromatic N) is 3. The summed E-state index contributed by atoms with van der Waals surface area (Å²) in [5, 5.41) is 5.83. The predicted molar refractivity (Wildman–Crippen MR) is 102 cm³/mol. The van der Waals surface area contributed by atoms with E-state index in [1.807, 2.05) is 0 Å². The highest BCUT2D eigenvalue weighted by Crippen LogP contribution is 2.37. The van der Waals surface area contributed by atoms with E-state index in [9.17, 15) is 35.9 Å². The van der Waals surface area contributed by atoms with Gasteiger partial charge in [-0.15, -0.1) is 5.10 Å².